The van der Waals surface area contributed by atoms with Crippen LogP contribution in [0.3, 0.4) is 0 Å². The van der Waals surface area contributed by atoms with Crippen molar-refractivity contribution in [1.82, 2.24) is 4.31 Å². The first kappa shape index (κ1) is 31.3. The van der Waals surface area contributed by atoms with Crippen molar-refractivity contribution in [1.29, 1.82) is 0 Å². The highest BCUT2D eigenvalue weighted by molar-refractivity contribution is 7.90. The van der Waals surface area contributed by atoms with Crippen LogP contribution in [0.5, 0.6) is 0 Å². The zero-order valence-electron chi connectivity index (χ0n) is 17.1. The van der Waals surface area contributed by atoms with E-state index in [-0.39, 0.29) is 19.8 Å². The Bertz CT molecular complexity index is 880. The third kappa shape index (κ3) is 4.13. The molecule has 2 N–H and O–H groups in total. The third-order valence-corrected chi connectivity index (χ3v) is 7.88. The molecular formula is C14H19F11NO6PS. The number of halogens is 11. The summed E-state index contributed by atoms with van der Waals surface area (Å²) in [6.07, 6.45) is -2.91. The summed E-state index contributed by atoms with van der Waals surface area (Å²) in [6.45, 7) is 0.386. The van der Waals surface area contributed by atoms with Gasteiger partial charge in [-0.15, -0.1) is 0 Å². The Morgan fingerprint density at radius 2 is 1.18 bits per heavy atom. The van der Waals surface area contributed by atoms with Crippen LogP contribution >= 0.6 is 7.82 Å². The molecule has 0 saturated heterocycles. The number of rotatable bonds is 10. The summed E-state index contributed by atoms with van der Waals surface area (Å²) in [5, 5.41) is -7.42. The Balaban J connectivity index is 3.88. The van der Waals surface area contributed by atoms with Crippen LogP contribution in [0, 0.1) is 0 Å². The zero-order valence-corrected chi connectivity index (χ0v) is 18.8. The summed E-state index contributed by atoms with van der Waals surface area (Å²) in [4.78, 5) is 17.5. The SMILES string of the molecule is CCCCCCN(C(C)OP(=O)(O)O)S(=O)(=O)C1(F)C(F)(F)C(F)(F)C(F)(F)C(F)(F)C1(F)F. The van der Waals surface area contributed by atoms with Crippen LogP contribution in [0.15, 0.2) is 0 Å². The van der Waals surface area contributed by atoms with Crippen molar-refractivity contribution in [3.8, 4) is 0 Å². The fourth-order valence-corrected chi connectivity index (χ4v) is 5.73. The fourth-order valence-electron chi connectivity index (χ4n) is 3.12. The number of unbranched alkanes of at least 4 members (excludes halogenated alkanes) is 3. The number of sulfonamides is 1. The van der Waals surface area contributed by atoms with Gasteiger partial charge in [0.1, 0.15) is 6.23 Å². The van der Waals surface area contributed by atoms with E-state index in [0.717, 1.165) is 0 Å². The minimum absolute atomic E-state index is 0.0817. The number of alkyl halides is 11. The predicted octanol–water partition coefficient (Wildman–Crippen LogP) is 4.51. The van der Waals surface area contributed by atoms with Crippen molar-refractivity contribution >= 4 is 17.8 Å². The molecule has 1 rings (SSSR count). The Morgan fingerprint density at radius 1 is 0.794 bits per heavy atom. The molecule has 1 aliphatic carbocycles. The number of hydrogen-bond donors (Lipinski definition) is 2. The van der Waals surface area contributed by atoms with E-state index in [1.165, 1.54) is 0 Å². The molecule has 0 bridgehead atoms. The summed E-state index contributed by atoms with van der Waals surface area (Å²) in [5.41, 5.74) is 0. The smallest absolute Gasteiger partial charge is 0.303 e. The molecule has 1 saturated carbocycles. The summed E-state index contributed by atoms with van der Waals surface area (Å²) in [6, 6.07) is 0. The summed E-state index contributed by atoms with van der Waals surface area (Å²) in [7, 11) is -13.4. The Kier molecular flexibility index (Phi) is 8.25. The van der Waals surface area contributed by atoms with Gasteiger partial charge in [0.05, 0.1) is 0 Å². The van der Waals surface area contributed by atoms with Crippen LogP contribution in [0.1, 0.15) is 39.5 Å². The van der Waals surface area contributed by atoms with Crippen molar-refractivity contribution in [2.75, 3.05) is 6.54 Å². The van der Waals surface area contributed by atoms with Gasteiger partial charge in [0.2, 0.25) is 0 Å². The molecule has 0 spiro atoms. The summed E-state index contributed by atoms with van der Waals surface area (Å²) in [5.74, 6) is -38.3. The maximum Gasteiger partial charge on any atom is 0.471 e. The van der Waals surface area contributed by atoms with E-state index < -0.39 is 76.0 Å². The lowest BCUT2D eigenvalue weighted by atomic mass is 9.80. The molecule has 0 aliphatic heterocycles. The van der Waals surface area contributed by atoms with Gasteiger partial charge in [-0.2, -0.15) is 48.2 Å². The number of phosphoric acid groups is 1. The van der Waals surface area contributed by atoms with Crippen LogP contribution in [0.2, 0.25) is 0 Å². The minimum atomic E-state index is -7.68. The van der Waals surface area contributed by atoms with E-state index in [1.54, 1.807) is 6.92 Å². The van der Waals surface area contributed by atoms with E-state index in [0.29, 0.717) is 6.42 Å². The Hall–Kier alpha value is -0.750. The van der Waals surface area contributed by atoms with Crippen LogP contribution in [-0.2, 0) is 19.1 Å². The van der Waals surface area contributed by atoms with Gasteiger partial charge in [-0.3, -0.25) is 4.52 Å². The van der Waals surface area contributed by atoms with Crippen molar-refractivity contribution < 1.29 is 75.6 Å². The van der Waals surface area contributed by atoms with Crippen molar-refractivity contribution in [3.05, 3.63) is 0 Å². The van der Waals surface area contributed by atoms with Gasteiger partial charge in [-0.05, 0) is 13.3 Å². The van der Waals surface area contributed by atoms with Crippen molar-refractivity contribution in [3.63, 3.8) is 0 Å². The van der Waals surface area contributed by atoms with Gasteiger partial charge >= 0.3 is 42.4 Å². The molecule has 1 fully saturated rings. The Labute approximate surface area is 185 Å². The highest BCUT2D eigenvalue weighted by atomic mass is 32.2. The first-order valence-corrected chi connectivity index (χ1v) is 12.1. The van der Waals surface area contributed by atoms with E-state index in [1.807, 2.05) is 0 Å². The largest absolute Gasteiger partial charge is 0.471 e. The minimum Gasteiger partial charge on any atom is -0.303 e. The van der Waals surface area contributed by atoms with Crippen LogP contribution in [-0.4, -0.2) is 69.9 Å². The lowest BCUT2D eigenvalue weighted by molar-refractivity contribution is -0.470. The molecule has 0 radical (unpaired) electrons. The predicted molar refractivity (Wildman–Crippen MR) is 90.9 cm³/mol. The van der Waals surface area contributed by atoms with E-state index in [9.17, 15) is 56.9 Å². The topological polar surface area (TPSA) is 104 Å². The first-order chi connectivity index (χ1) is 14.8. The van der Waals surface area contributed by atoms with E-state index in [4.69, 9.17) is 9.79 Å². The maximum atomic E-state index is 15.2. The van der Waals surface area contributed by atoms with Crippen LogP contribution < -0.4 is 0 Å². The van der Waals surface area contributed by atoms with Gasteiger partial charge in [-0.25, -0.2) is 17.4 Å². The number of phosphoric ester groups is 1. The maximum absolute atomic E-state index is 15.2. The van der Waals surface area contributed by atoms with Gasteiger partial charge in [0, 0.05) is 6.54 Å². The lowest BCUT2D eigenvalue weighted by Gasteiger charge is -2.52. The van der Waals surface area contributed by atoms with Gasteiger partial charge < -0.3 is 9.79 Å². The third-order valence-electron chi connectivity index (χ3n) is 4.98. The average Bonchev–Trinajstić information content (AvgIpc) is 2.63. The Morgan fingerprint density at radius 3 is 1.53 bits per heavy atom. The van der Waals surface area contributed by atoms with E-state index >= 15 is 4.39 Å². The molecule has 0 aromatic rings. The normalized spacial score (nSPS) is 25.8. The van der Waals surface area contributed by atoms with Crippen molar-refractivity contribution in [2.45, 2.75) is 80.4 Å². The second-order valence-corrected chi connectivity index (χ2v) is 10.5. The highest BCUT2D eigenvalue weighted by Gasteiger charge is 3.04. The molecule has 1 aliphatic rings. The summed E-state index contributed by atoms with van der Waals surface area (Å²) >= 11 is 0. The van der Waals surface area contributed by atoms with Crippen molar-refractivity contribution in [2.24, 2.45) is 0 Å². The number of nitrogens with zero attached hydrogens (tertiary/aromatic N) is 1. The number of hydrogen-bond acceptors (Lipinski definition) is 4. The van der Waals surface area contributed by atoms with Gasteiger partial charge in [0.25, 0.3) is 10.0 Å². The average molecular weight is 569 g/mol. The molecule has 0 heterocycles. The molecule has 0 aromatic heterocycles. The molecule has 20 heteroatoms. The molecule has 34 heavy (non-hydrogen) atoms. The lowest BCUT2D eigenvalue weighted by Crippen LogP contribution is -2.86. The van der Waals surface area contributed by atoms with Gasteiger partial charge in [-0.1, -0.05) is 26.2 Å². The quantitative estimate of drug-likeness (QED) is 0.174. The molecular weight excluding hydrogens is 550 g/mol. The second kappa shape index (κ2) is 8.97. The highest BCUT2D eigenvalue weighted by Crippen LogP contribution is 2.71. The van der Waals surface area contributed by atoms with Crippen LogP contribution in [0.4, 0.5) is 48.3 Å². The summed E-state index contributed by atoms with van der Waals surface area (Å²) < 4.78 is 193. The monoisotopic (exact) mass is 569 g/mol. The molecule has 0 amide bonds. The first-order valence-electron chi connectivity index (χ1n) is 9.16. The van der Waals surface area contributed by atoms with E-state index in [2.05, 4.69) is 4.52 Å². The fraction of sp³-hybridized carbons (Fsp3) is 1.00. The standard InChI is InChI=1S/C14H19F11NO6PS/c1-3-4-5-6-7-26(8(2)32-33(27,28)29)34(30,31)14(25)12(21,22)10(17,18)9(15,16)11(19,20)13(14,23)24/h8H,3-7H2,1-2H3,(H2,27,28,29). The van der Waals surface area contributed by atoms with Crippen LogP contribution in [0.25, 0.3) is 0 Å². The molecule has 7 nitrogen and oxygen atoms in total. The zero-order chi connectivity index (χ0) is 27.4. The molecule has 1 unspecified atom stereocenters. The second-order valence-electron chi connectivity index (χ2n) is 7.34. The molecule has 204 valence electrons. The van der Waals surface area contributed by atoms with Gasteiger partial charge in [0.15, 0.2) is 0 Å². The molecule has 0 aromatic carbocycles. The molecule has 1 atom stereocenters.